The van der Waals surface area contributed by atoms with E-state index < -0.39 is 0 Å². The summed E-state index contributed by atoms with van der Waals surface area (Å²) in [6.07, 6.45) is 0.872. The molecule has 1 aliphatic carbocycles. The summed E-state index contributed by atoms with van der Waals surface area (Å²) in [7, 11) is 0. The molecule has 0 aliphatic heterocycles. The molecule has 2 aromatic carbocycles. The number of benzene rings is 2. The van der Waals surface area contributed by atoms with Crippen LogP contribution in [0.3, 0.4) is 0 Å². The van der Waals surface area contributed by atoms with Gasteiger partial charge >= 0.3 is 0 Å². The molecule has 0 aromatic heterocycles. The quantitative estimate of drug-likeness (QED) is 0.751. The van der Waals surface area contributed by atoms with Gasteiger partial charge in [0, 0.05) is 28.9 Å². The summed E-state index contributed by atoms with van der Waals surface area (Å²) in [5, 5.41) is 10.4. The molecule has 1 aliphatic rings. The Morgan fingerprint density at radius 3 is 2.32 bits per heavy atom. The lowest BCUT2D eigenvalue weighted by Crippen LogP contribution is -2.21. The summed E-state index contributed by atoms with van der Waals surface area (Å²) in [5.41, 5.74) is 1.57. The van der Waals surface area contributed by atoms with Crippen molar-refractivity contribution in [1.82, 2.24) is 0 Å². The van der Waals surface area contributed by atoms with E-state index >= 15 is 0 Å². The minimum atomic E-state index is -0.319. The lowest BCUT2D eigenvalue weighted by atomic mass is 9.83. The molecular formula is C18H16O4. The smallest absolute Gasteiger partial charge is 0.198 e. The molecule has 0 radical (unpaired) electrons. The number of ketones is 2. The van der Waals surface area contributed by atoms with Crippen molar-refractivity contribution in [3.63, 3.8) is 0 Å². The van der Waals surface area contributed by atoms with E-state index in [0.717, 1.165) is 6.42 Å². The first-order valence-electron chi connectivity index (χ1n) is 7.26. The molecule has 0 heterocycles. The van der Waals surface area contributed by atoms with Gasteiger partial charge in [-0.15, -0.1) is 0 Å². The van der Waals surface area contributed by atoms with E-state index in [4.69, 9.17) is 4.74 Å². The summed E-state index contributed by atoms with van der Waals surface area (Å²) in [4.78, 5) is 25.1. The minimum Gasteiger partial charge on any atom is -0.507 e. The number of ether oxygens (including phenoxy) is 1. The molecule has 4 heteroatoms. The second-order valence-corrected chi connectivity index (χ2v) is 5.25. The molecular weight excluding hydrogens is 280 g/mol. The topological polar surface area (TPSA) is 63.6 Å². The monoisotopic (exact) mass is 296 g/mol. The number of hydrogen-bond acceptors (Lipinski definition) is 4. The molecule has 0 saturated carbocycles. The number of aromatic hydroxyl groups is 1. The number of carbonyl (C=O) groups is 2. The van der Waals surface area contributed by atoms with Crippen molar-refractivity contribution in [2.75, 3.05) is 6.61 Å². The Labute approximate surface area is 128 Å². The van der Waals surface area contributed by atoms with E-state index in [1.54, 1.807) is 36.4 Å². The third-order valence-electron chi connectivity index (χ3n) is 3.76. The molecule has 1 N–H and O–H groups in total. The lowest BCUT2D eigenvalue weighted by Gasteiger charge is -2.19. The largest absolute Gasteiger partial charge is 0.507 e. The van der Waals surface area contributed by atoms with Gasteiger partial charge in [-0.25, -0.2) is 0 Å². The highest BCUT2D eigenvalue weighted by Gasteiger charge is 2.32. The van der Waals surface area contributed by atoms with Crippen LogP contribution in [0.25, 0.3) is 0 Å². The first-order valence-corrected chi connectivity index (χ1v) is 7.26. The molecule has 0 unspecified atom stereocenters. The van der Waals surface area contributed by atoms with Gasteiger partial charge in [0.25, 0.3) is 0 Å². The fourth-order valence-corrected chi connectivity index (χ4v) is 2.66. The zero-order valence-electron chi connectivity index (χ0n) is 12.3. The van der Waals surface area contributed by atoms with Gasteiger partial charge in [0.2, 0.25) is 0 Å². The van der Waals surface area contributed by atoms with Crippen molar-refractivity contribution in [3.05, 3.63) is 64.2 Å². The van der Waals surface area contributed by atoms with E-state index in [1.165, 1.54) is 0 Å². The van der Waals surface area contributed by atoms with Crippen molar-refractivity contribution in [2.24, 2.45) is 0 Å². The molecule has 0 spiro atoms. The van der Waals surface area contributed by atoms with Crippen LogP contribution >= 0.6 is 0 Å². The summed E-state index contributed by atoms with van der Waals surface area (Å²) in [6.45, 7) is 2.79. The summed E-state index contributed by atoms with van der Waals surface area (Å²) < 4.78 is 5.42. The van der Waals surface area contributed by atoms with Gasteiger partial charge < -0.3 is 9.84 Å². The van der Waals surface area contributed by atoms with Crippen LogP contribution in [0.1, 0.15) is 50.8 Å². The number of carbonyl (C=O) groups excluding carboxylic acids is 2. The van der Waals surface area contributed by atoms with E-state index in [2.05, 4.69) is 0 Å². The molecule has 0 bridgehead atoms. The maximum Gasteiger partial charge on any atom is 0.198 e. The second-order valence-electron chi connectivity index (χ2n) is 5.25. The number of fused-ring (bicyclic) bond motifs is 2. The van der Waals surface area contributed by atoms with E-state index in [-0.39, 0.29) is 35.0 Å². The summed E-state index contributed by atoms with van der Waals surface area (Å²) >= 11 is 0. The Morgan fingerprint density at radius 2 is 1.64 bits per heavy atom. The summed E-state index contributed by atoms with van der Waals surface area (Å²) in [5.74, 6) is -0.706. The zero-order chi connectivity index (χ0) is 15.7. The van der Waals surface area contributed by atoms with E-state index in [9.17, 15) is 14.7 Å². The normalized spacial score (nSPS) is 13.0. The zero-order valence-corrected chi connectivity index (χ0v) is 12.3. The summed E-state index contributed by atoms with van der Waals surface area (Å²) in [6, 6.07) is 9.91. The van der Waals surface area contributed by atoms with Gasteiger partial charge in [0.15, 0.2) is 11.6 Å². The Bertz CT molecular complexity index is 762. The molecule has 0 amide bonds. The van der Waals surface area contributed by atoms with Gasteiger partial charge in [-0.3, -0.25) is 9.59 Å². The van der Waals surface area contributed by atoms with Crippen molar-refractivity contribution in [1.29, 1.82) is 0 Å². The number of hydrogen-bond donors (Lipinski definition) is 1. The number of phenolic OH excluding ortho intramolecular Hbond substituents is 1. The van der Waals surface area contributed by atoms with E-state index in [1.807, 2.05) is 6.92 Å². The highest BCUT2D eigenvalue weighted by Crippen LogP contribution is 2.35. The van der Waals surface area contributed by atoms with Crippen molar-refractivity contribution in [2.45, 2.75) is 20.0 Å². The fourth-order valence-electron chi connectivity index (χ4n) is 2.66. The van der Waals surface area contributed by atoms with Crippen LogP contribution in [0.4, 0.5) is 0 Å². The molecule has 22 heavy (non-hydrogen) atoms. The Kier molecular flexibility index (Phi) is 3.77. The van der Waals surface area contributed by atoms with Crippen LogP contribution in [0.5, 0.6) is 5.75 Å². The lowest BCUT2D eigenvalue weighted by molar-refractivity contribution is 0.0974. The third kappa shape index (κ3) is 2.22. The fraction of sp³-hybridized carbons (Fsp3) is 0.222. The average Bonchev–Trinajstić information content (AvgIpc) is 2.54. The molecule has 3 rings (SSSR count). The minimum absolute atomic E-state index is 0.0845. The molecule has 4 nitrogen and oxygen atoms in total. The van der Waals surface area contributed by atoms with Crippen LogP contribution in [0.2, 0.25) is 0 Å². The maximum atomic E-state index is 12.6. The Morgan fingerprint density at radius 1 is 0.955 bits per heavy atom. The van der Waals surface area contributed by atoms with Crippen LogP contribution < -0.4 is 0 Å². The van der Waals surface area contributed by atoms with Crippen LogP contribution in [0.15, 0.2) is 36.4 Å². The van der Waals surface area contributed by atoms with Gasteiger partial charge in [-0.2, -0.15) is 0 Å². The predicted molar refractivity (Wildman–Crippen MR) is 81.4 cm³/mol. The standard InChI is InChI=1S/C18H16O4/c1-2-9-22-10-11-7-8-14-15(16(11)19)18(21)13-6-4-3-5-12(13)17(14)20/h3-8,19H,2,9-10H2,1H3. The third-order valence-corrected chi connectivity index (χ3v) is 3.76. The van der Waals surface area contributed by atoms with Crippen molar-refractivity contribution < 1.29 is 19.4 Å². The van der Waals surface area contributed by atoms with Crippen LogP contribution in [0, 0.1) is 0 Å². The van der Waals surface area contributed by atoms with Crippen molar-refractivity contribution >= 4 is 11.6 Å². The first-order chi connectivity index (χ1) is 10.6. The molecule has 112 valence electrons. The average molecular weight is 296 g/mol. The van der Waals surface area contributed by atoms with E-state index in [0.29, 0.717) is 23.3 Å². The highest BCUT2D eigenvalue weighted by atomic mass is 16.5. The van der Waals surface area contributed by atoms with Gasteiger partial charge in [0.05, 0.1) is 12.2 Å². The first kappa shape index (κ1) is 14.5. The molecule has 2 aromatic rings. The maximum absolute atomic E-state index is 12.6. The van der Waals surface area contributed by atoms with Gasteiger partial charge in [-0.05, 0) is 12.5 Å². The SMILES string of the molecule is CCCOCc1ccc2c(c1O)C(=O)c1ccccc1C2=O. The van der Waals surface area contributed by atoms with Crippen molar-refractivity contribution in [3.8, 4) is 5.75 Å². The van der Waals surface area contributed by atoms with Crippen LogP contribution in [-0.2, 0) is 11.3 Å². The Balaban J connectivity index is 2.07. The molecule has 0 fully saturated rings. The van der Waals surface area contributed by atoms with Gasteiger partial charge in [0.1, 0.15) is 5.75 Å². The molecule has 0 atom stereocenters. The molecule has 0 saturated heterocycles. The highest BCUT2D eigenvalue weighted by molar-refractivity contribution is 6.29. The number of rotatable bonds is 4. The Hall–Kier alpha value is -2.46. The second kappa shape index (κ2) is 5.73. The van der Waals surface area contributed by atoms with Crippen LogP contribution in [-0.4, -0.2) is 23.3 Å². The predicted octanol–water partition coefficient (Wildman–Crippen LogP) is 3.09. The van der Waals surface area contributed by atoms with Gasteiger partial charge in [-0.1, -0.05) is 37.3 Å². The number of phenols is 1.